The Balaban J connectivity index is 0.00000225. The van der Waals surface area contributed by atoms with Gasteiger partial charge in [0.2, 0.25) is 0 Å². The smallest absolute Gasteiger partial charge is 0.159 e. The number of aromatic nitrogens is 3. The molecule has 0 spiro atoms. The molecule has 28 heavy (non-hydrogen) atoms. The van der Waals surface area contributed by atoms with E-state index >= 15 is 0 Å². The number of rotatable bonds is 3. The summed E-state index contributed by atoms with van der Waals surface area (Å²) < 4.78 is 28.6. The Labute approximate surface area is 175 Å². The van der Waals surface area contributed by atoms with Gasteiger partial charge in [0.25, 0.3) is 0 Å². The van der Waals surface area contributed by atoms with Crippen LogP contribution in [0.1, 0.15) is 11.1 Å². The zero-order valence-electron chi connectivity index (χ0n) is 15.2. The topological polar surface area (TPSA) is 30.7 Å². The fraction of sp³-hybridized carbons (Fsp3) is 0.0909. The van der Waals surface area contributed by atoms with Crippen molar-refractivity contribution < 1.29 is 28.9 Å². The molecule has 0 amide bonds. The molecule has 1 aromatic heterocycles. The Bertz CT molecular complexity index is 1020. The number of hydrogen-bond acceptors (Lipinski definition) is 2. The van der Waals surface area contributed by atoms with Gasteiger partial charge in [0.1, 0.15) is 5.82 Å². The number of para-hydroxylation sites is 1. The molecule has 3 aromatic carbocycles. The van der Waals surface area contributed by atoms with Gasteiger partial charge in [-0.05, 0) is 49.2 Å². The van der Waals surface area contributed by atoms with Crippen LogP contribution in [0, 0.1) is 31.5 Å². The van der Waals surface area contributed by atoms with Crippen LogP contribution in [0.25, 0.3) is 28.5 Å². The largest absolute Gasteiger partial charge is 0.316 e. The summed E-state index contributed by atoms with van der Waals surface area (Å²) in [7, 11) is 0. The number of nitrogens with zero attached hydrogens (tertiary/aromatic N) is 3. The molecule has 4 aromatic rings. The predicted molar refractivity (Wildman–Crippen MR) is 100 cm³/mol. The monoisotopic (exact) mass is 553 g/mol. The van der Waals surface area contributed by atoms with Crippen LogP contribution in [0.15, 0.2) is 60.7 Å². The second-order valence-corrected chi connectivity index (χ2v) is 6.35. The Morgan fingerprint density at radius 3 is 2.00 bits per heavy atom. The number of benzene rings is 3. The van der Waals surface area contributed by atoms with Gasteiger partial charge in [-0.15, -0.1) is 34.9 Å². The van der Waals surface area contributed by atoms with E-state index in [4.69, 9.17) is 0 Å². The molecule has 3 nitrogen and oxygen atoms in total. The van der Waals surface area contributed by atoms with E-state index in [2.05, 4.69) is 16.3 Å². The minimum absolute atomic E-state index is 0. The van der Waals surface area contributed by atoms with Crippen molar-refractivity contribution in [3.05, 3.63) is 89.5 Å². The van der Waals surface area contributed by atoms with Crippen molar-refractivity contribution in [2.75, 3.05) is 0 Å². The summed E-state index contributed by atoms with van der Waals surface area (Å²) in [5, 5.41) is 8.69. The molecule has 0 aliphatic heterocycles. The van der Waals surface area contributed by atoms with Crippen LogP contribution >= 0.6 is 0 Å². The molecule has 0 saturated carbocycles. The van der Waals surface area contributed by atoms with E-state index in [1.165, 1.54) is 24.3 Å². The molecular weight excluding hydrogens is 536 g/mol. The molecule has 0 atom stereocenters. The van der Waals surface area contributed by atoms with Crippen molar-refractivity contribution in [1.29, 1.82) is 0 Å². The zero-order valence-corrected chi connectivity index (χ0v) is 17.6. The normalized spacial score (nSPS) is 10.6. The first-order chi connectivity index (χ1) is 13.0. The van der Waals surface area contributed by atoms with Crippen molar-refractivity contribution in [2.45, 2.75) is 13.8 Å². The number of halogens is 2. The maximum Gasteiger partial charge on any atom is 0.159 e. The van der Waals surface area contributed by atoms with Crippen LogP contribution in [0.5, 0.6) is 0 Å². The van der Waals surface area contributed by atoms with Crippen molar-refractivity contribution >= 4 is 0 Å². The van der Waals surface area contributed by atoms with Gasteiger partial charge in [-0.1, -0.05) is 18.2 Å². The molecular formula is C22H16F2IrN3-. The quantitative estimate of drug-likeness (QED) is 0.324. The van der Waals surface area contributed by atoms with E-state index in [1.54, 1.807) is 18.2 Å². The molecule has 1 heterocycles. The summed E-state index contributed by atoms with van der Waals surface area (Å²) in [6.45, 7) is 4.02. The Kier molecular flexibility index (Phi) is 5.82. The number of hydrogen-bond donors (Lipinski definition) is 0. The van der Waals surface area contributed by atoms with Gasteiger partial charge in [-0.25, -0.2) is 4.39 Å². The van der Waals surface area contributed by atoms with Crippen molar-refractivity contribution in [1.82, 2.24) is 14.8 Å². The standard InChI is InChI=1S/C22H16F2N3.Ir/c1-14-4-3-5-15(2)20(14)27-21(16-6-10-18(23)11-7-16)25-26-22(27)17-8-12-19(24)13-9-17;/h3-8,10-13H,1-2H3;/q-1;. The van der Waals surface area contributed by atoms with Gasteiger partial charge in [0.15, 0.2) is 5.82 Å². The fourth-order valence-corrected chi connectivity index (χ4v) is 3.16. The minimum Gasteiger partial charge on any atom is -0.316 e. The summed E-state index contributed by atoms with van der Waals surface area (Å²) in [5.74, 6) is 0.450. The van der Waals surface area contributed by atoms with Crippen molar-refractivity contribution in [3.8, 4) is 28.5 Å². The molecule has 0 aliphatic rings. The van der Waals surface area contributed by atoms with E-state index in [1.807, 2.05) is 36.6 Å². The second kappa shape index (κ2) is 8.13. The third-order valence-electron chi connectivity index (χ3n) is 4.44. The molecule has 4 rings (SSSR count). The molecule has 143 valence electrons. The van der Waals surface area contributed by atoms with Crippen LogP contribution in [0.4, 0.5) is 8.78 Å². The maximum atomic E-state index is 13.4. The van der Waals surface area contributed by atoms with E-state index < -0.39 is 0 Å². The van der Waals surface area contributed by atoms with E-state index in [0.717, 1.165) is 22.4 Å². The van der Waals surface area contributed by atoms with E-state index in [-0.39, 0.29) is 31.7 Å². The summed E-state index contributed by atoms with van der Waals surface area (Å²) in [6.07, 6.45) is 0. The minimum atomic E-state index is -0.365. The average molecular weight is 553 g/mol. The van der Waals surface area contributed by atoms with Gasteiger partial charge in [0, 0.05) is 37.2 Å². The average Bonchev–Trinajstić information content (AvgIpc) is 3.07. The van der Waals surface area contributed by atoms with Gasteiger partial charge in [0.05, 0.1) is 5.82 Å². The van der Waals surface area contributed by atoms with Gasteiger partial charge in [-0.3, -0.25) is 4.39 Å². The maximum absolute atomic E-state index is 13.4. The van der Waals surface area contributed by atoms with Crippen LogP contribution in [0.2, 0.25) is 0 Å². The molecule has 0 N–H and O–H groups in total. The third-order valence-corrected chi connectivity index (χ3v) is 4.44. The summed E-state index contributed by atoms with van der Waals surface area (Å²) >= 11 is 0. The van der Waals surface area contributed by atoms with E-state index in [9.17, 15) is 8.78 Å². The van der Waals surface area contributed by atoms with E-state index in [0.29, 0.717) is 17.2 Å². The first-order valence-electron chi connectivity index (χ1n) is 8.50. The SMILES string of the molecule is Cc1cccc(C)c1-n1c(-c2[c-]cc(F)cc2)nnc1-c1ccc(F)cc1.[Ir]. The molecule has 0 saturated heterocycles. The summed E-state index contributed by atoms with van der Waals surface area (Å²) in [4.78, 5) is 0. The molecule has 1 radical (unpaired) electrons. The van der Waals surface area contributed by atoms with Gasteiger partial charge < -0.3 is 4.57 Å². The van der Waals surface area contributed by atoms with Gasteiger partial charge in [-0.2, -0.15) is 5.10 Å². The summed E-state index contributed by atoms with van der Waals surface area (Å²) in [6, 6.07) is 19.3. The van der Waals surface area contributed by atoms with Crippen LogP contribution in [-0.2, 0) is 20.1 Å². The first kappa shape index (κ1) is 20.1. The Hall–Kier alpha value is -2.69. The van der Waals surface area contributed by atoms with Crippen LogP contribution in [0.3, 0.4) is 0 Å². The molecule has 0 bridgehead atoms. The molecule has 0 unspecified atom stereocenters. The van der Waals surface area contributed by atoms with Crippen molar-refractivity contribution in [3.63, 3.8) is 0 Å². The molecule has 6 heteroatoms. The predicted octanol–water partition coefficient (Wildman–Crippen LogP) is 5.29. The molecule has 0 fully saturated rings. The van der Waals surface area contributed by atoms with Crippen molar-refractivity contribution in [2.24, 2.45) is 0 Å². The fourth-order valence-electron chi connectivity index (χ4n) is 3.16. The third kappa shape index (κ3) is 3.66. The zero-order chi connectivity index (χ0) is 19.0. The summed E-state index contributed by atoms with van der Waals surface area (Å²) in [5.41, 5.74) is 4.39. The Morgan fingerprint density at radius 1 is 0.786 bits per heavy atom. The second-order valence-electron chi connectivity index (χ2n) is 6.35. The molecule has 0 aliphatic carbocycles. The van der Waals surface area contributed by atoms with Crippen LogP contribution < -0.4 is 0 Å². The number of aryl methyl sites for hydroxylation is 2. The Morgan fingerprint density at radius 2 is 1.39 bits per heavy atom. The van der Waals surface area contributed by atoms with Gasteiger partial charge >= 0.3 is 0 Å². The first-order valence-corrected chi connectivity index (χ1v) is 8.50. The van der Waals surface area contributed by atoms with Crippen LogP contribution in [-0.4, -0.2) is 14.8 Å².